The number of halogens is 2. The van der Waals surface area contributed by atoms with E-state index in [0.29, 0.717) is 11.3 Å². The molecule has 7 heteroatoms. The average Bonchev–Trinajstić information content (AvgIpc) is 2.67. The fraction of sp³-hybridized carbons (Fsp3) is 0.125. The van der Waals surface area contributed by atoms with Crippen LogP contribution in [0.25, 0.3) is 0 Å². The largest absolute Gasteiger partial charge is 0.416 e. The zero-order valence-corrected chi connectivity index (χ0v) is 11.9. The lowest BCUT2D eigenvalue weighted by Crippen LogP contribution is -2.37. The number of carbonyl (C=O) groups excluding carboxylic acids is 2. The molecule has 0 fully saturated rings. The summed E-state index contributed by atoms with van der Waals surface area (Å²) in [5, 5.41) is 2.44. The number of benzene rings is 2. The summed E-state index contributed by atoms with van der Waals surface area (Å²) in [4.78, 5) is 25.1. The first kappa shape index (κ1) is 15.0. The maximum Gasteiger partial charge on any atom is 0.416 e. The van der Waals surface area contributed by atoms with Crippen LogP contribution in [0.15, 0.2) is 42.5 Å². The molecular weight excluding hydrogens is 306 g/mol. The van der Waals surface area contributed by atoms with Gasteiger partial charge in [-0.15, -0.1) is 0 Å². The molecule has 118 valence electrons. The monoisotopic (exact) mass is 318 g/mol. The van der Waals surface area contributed by atoms with E-state index in [1.54, 1.807) is 30.3 Å². The van der Waals surface area contributed by atoms with Crippen LogP contribution in [0.4, 0.5) is 19.3 Å². The fourth-order valence-corrected chi connectivity index (χ4v) is 2.24. The van der Waals surface area contributed by atoms with E-state index >= 15 is 0 Å². The maximum atomic E-state index is 13.4. The molecule has 0 unspecified atom stereocenters. The zero-order valence-electron chi connectivity index (χ0n) is 11.9. The number of carbonyl (C=O) groups is 2. The number of ether oxygens (including phenoxy) is 1. The van der Waals surface area contributed by atoms with Crippen LogP contribution < -0.4 is 10.1 Å². The Morgan fingerprint density at radius 1 is 1.09 bits per heavy atom. The maximum absolute atomic E-state index is 13.4. The highest BCUT2D eigenvalue weighted by Crippen LogP contribution is 2.24. The van der Waals surface area contributed by atoms with Crippen LogP contribution in [-0.4, -0.2) is 23.4 Å². The Morgan fingerprint density at radius 2 is 1.78 bits per heavy atom. The van der Waals surface area contributed by atoms with Gasteiger partial charge in [-0.1, -0.05) is 18.2 Å². The lowest BCUT2D eigenvalue weighted by molar-refractivity contribution is -0.116. The van der Waals surface area contributed by atoms with Gasteiger partial charge < -0.3 is 10.1 Å². The molecule has 0 saturated carbocycles. The van der Waals surface area contributed by atoms with Crippen LogP contribution in [-0.2, 0) is 11.3 Å². The minimum atomic E-state index is -1.07. The van der Waals surface area contributed by atoms with E-state index in [4.69, 9.17) is 4.74 Å². The van der Waals surface area contributed by atoms with E-state index < -0.39 is 23.6 Å². The number of fused-ring (bicyclic) bond motifs is 1. The Morgan fingerprint density at radius 3 is 2.52 bits per heavy atom. The number of nitrogens with one attached hydrogen (secondary N) is 1. The first-order valence-corrected chi connectivity index (χ1v) is 6.82. The van der Waals surface area contributed by atoms with E-state index in [2.05, 4.69) is 5.32 Å². The molecule has 2 aromatic carbocycles. The normalized spacial score (nSPS) is 13.8. The van der Waals surface area contributed by atoms with Crippen LogP contribution in [0.5, 0.6) is 5.75 Å². The smallest absolute Gasteiger partial charge is 0.410 e. The molecule has 1 aliphatic heterocycles. The molecule has 1 N–H and O–H groups in total. The number of anilines is 1. The van der Waals surface area contributed by atoms with Crippen molar-refractivity contribution in [2.24, 2.45) is 0 Å². The van der Waals surface area contributed by atoms with Crippen molar-refractivity contribution >= 4 is 17.7 Å². The molecule has 23 heavy (non-hydrogen) atoms. The number of rotatable bonds is 1. The van der Waals surface area contributed by atoms with Gasteiger partial charge in [0.1, 0.15) is 12.3 Å². The second kappa shape index (κ2) is 6.04. The van der Waals surface area contributed by atoms with Gasteiger partial charge in [0, 0.05) is 11.8 Å². The first-order chi connectivity index (χ1) is 11.0. The van der Waals surface area contributed by atoms with E-state index in [1.807, 2.05) is 0 Å². The molecular formula is C16H12F2N2O3. The van der Waals surface area contributed by atoms with Gasteiger partial charge in [0.15, 0.2) is 11.6 Å². The molecule has 3 rings (SSSR count). The number of amides is 2. The lowest BCUT2D eigenvalue weighted by Gasteiger charge is -2.18. The Balaban J connectivity index is 1.84. The first-order valence-electron chi connectivity index (χ1n) is 6.82. The minimum absolute atomic E-state index is 0.0725. The Kier molecular flexibility index (Phi) is 3.92. The third-order valence-electron chi connectivity index (χ3n) is 3.32. The predicted molar refractivity (Wildman–Crippen MR) is 77.9 cm³/mol. The summed E-state index contributed by atoms with van der Waals surface area (Å²) in [6.07, 6.45) is -0.746. The Bertz CT molecular complexity index is 765. The zero-order chi connectivity index (χ0) is 16.4. The molecule has 0 atom stereocenters. The molecule has 5 nitrogen and oxygen atoms in total. The highest BCUT2D eigenvalue weighted by atomic mass is 19.2. The molecule has 0 aliphatic carbocycles. The van der Waals surface area contributed by atoms with Gasteiger partial charge in [-0.25, -0.2) is 13.6 Å². The van der Waals surface area contributed by atoms with Crippen LogP contribution >= 0.6 is 0 Å². The molecule has 0 saturated heterocycles. The van der Waals surface area contributed by atoms with E-state index in [-0.39, 0.29) is 18.8 Å². The molecule has 0 spiro atoms. The van der Waals surface area contributed by atoms with E-state index in [9.17, 15) is 18.4 Å². The summed E-state index contributed by atoms with van der Waals surface area (Å²) in [5.41, 5.74) is 0.434. The molecule has 2 aromatic rings. The van der Waals surface area contributed by atoms with Crippen molar-refractivity contribution in [2.75, 3.05) is 11.9 Å². The fourth-order valence-electron chi connectivity index (χ4n) is 2.24. The third kappa shape index (κ3) is 3.28. The molecule has 2 amide bonds. The number of hydrogen-bond acceptors (Lipinski definition) is 3. The summed E-state index contributed by atoms with van der Waals surface area (Å²) < 4.78 is 31.8. The van der Waals surface area contributed by atoms with Crippen molar-refractivity contribution in [3.8, 4) is 5.75 Å². The van der Waals surface area contributed by atoms with E-state index in [1.165, 1.54) is 0 Å². The second-order valence-electron chi connectivity index (χ2n) is 5.01. The van der Waals surface area contributed by atoms with Crippen molar-refractivity contribution in [3.63, 3.8) is 0 Å². The molecule has 0 aromatic heterocycles. The van der Waals surface area contributed by atoms with E-state index in [0.717, 1.165) is 17.0 Å². The topological polar surface area (TPSA) is 58.6 Å². The van der Waals surface area contributed by atoms with Crippen LogP contribution in [0, 0.1) is 11.6 Å². The minimum Gasteiger partial charge on any atom is -0.410 e. The lowest BCUT2D eigenvalue weighted by atomic mass is 10.1. The summed E-state index contributed by atoms with van der Waals surface area (Å²) in [5.74, 6) is -2.30. The molecule has 1 heterocycles. The van der Waals surface area contributed by atoms with Crippen LogP contribution in [0.1, 0.15) is 5.56 Å². The number of nitrogens with zero attached hydrogens (tertiary/aromatic N) is 1. The van der Waals surface area contributed by atoms with Crippen molar-refractivity contribution in [1.82, 2.24) is 4.90 Å². The van der Waals surface area contributed by atoms with Gasteiger partial charge in [-0.3, -0.25) is 9.69 Å². The molecule has 0 bridgehead atoms. The van der Waals surface area contributed by atoms with Crippen molar-refractivity contribution in [1.29, 1.82) is 0 Å². The SMILES string of the molecule is O=C1CN(C(=O)Oc2ccccc2)Cc2cc(F)c(F)cc2N1. The molecule has 1 aliphatic rings. The Labute approximate surface area is 130 Å². The highest BCUT2D eigenvalue weighted by Gasteiger charge is 2.26. The average molecular weight is 318 g/mol. The number of hydrogen-bond donors (Lipinski definition) is 1. The van der Waals surface area contributed by atoms with Crippen LogP contribution in [0.2, 0.25) is 0 Å². The predicted octanol–water partition coefficient (Wildman–Crippen LogP) is 2.92. The highest BCUT2D eigenvalue weighted by molar-refractivity contribution is 5.95. The molecule has 0 radical (unpaired) electrons. The third-order valence-corrected chi connectivity index (χ3v) is 3.32. The van der Waals surface area contributed by atoms with Crippen molar-refractivity contribution in [2.45, 2.75) is 6.54 Å². The van der Waals surface area contributed by atoms with Crippen molar-refractivity contribution < 1.29 is 23.1 Å². The van der Waals surface area contributed by atoms with Crippen LogP contribution in [0.3, 0.4) is 0 Å². The van der Waals surface area contributed by atoms with Gasteiger partial charge in [0.25, 0.3) is 0 Å². The van der Waals surface area contributed by atoms with Gasteiger partial charge in [-0.05, 0) is 23.8 Å². The second-order valence-corrected chi connectivity index (χ2v) is 5.01. The van der Waals surface area contributed by atoms with Crippen molar-refractivity contribution in [3.05, 3.63) is 59.7 Å². The van der Waals surface area contributed by atoms with Gasteiger partial charge >= 0.3 is 6.09 Å². The summed E-state index contributed by atoms with van der Waals surface area (Å²) in [7, 11) is 0. The van der Waals surface area contributed by atoms with Gasteiger partial charge in [0.2, 0.25) is 5.91 Å². The Hall–Kier alpha value is -2.96. The van der Waals surface area contributed by atoms with Gasteiger partial charge in [0.05, 0.1) is 6.54 Å². The summed E-state index contributed by atoms with van der Waals surface area (Å²) >= 11 is 0. The number of para-hydroxylation sites is 1. The summed E-state index contributed by atoms with van der Waals surface area (Å²) in [6, 6.07) is 10.2. The van der Waals surface area contributed by atoms with Gasteiger partial charge in [-0.2, -0.15) is 0 Å². The quantitative estimate of drug-likeness (QED) is 0.879. The standard InChI is InChI=1S/C16H12F2N2O3/c17-12-6-10-8-20(9-15(21)19-14(10)7-13(12)18)16(22)23-11-4-2-1-3-5-11/h1-7H,8-9H2,(H,19,21). The summed E-state index contributed by atoms with van der Waals surface area (Å²) in [6.45, 7) is -0.347.